The number of amides is 1. The van der Waals surface area contributed by atoms with Crippen molar-refractivity contribution in [2.45, 2.75) is 37.8 Å². The number of fused-ring (bicyclic) bond motifs is 5. The third kappa shape index (κ3) is 2.86. The third-order valence-electron chi connectivity index (χ3n) is 6.71. The topological polar surface area (TPSA) is 63.9 Å². The van der Waals surface area contributed by atoms with Crippen molar-refractivity contribution in [1.29, 1.82) is 0 Å². The quantitative estimate of drug-likeness (QED) is 0.495. The van der Waals surface area contributed by atoms with Crippen LogP contribution in [0.4, 0.5) is 0 Å². The number of hydrogen-bond acceptors (Lipinski definition) is 4. The van der Waals surface area contributed by atoms with E-state index in [-0.39, 0.29) is 18.0 Å². The van der Waals surface area contributed by atoms with Gasteiger partial charge in [-0.15, -0.1) is 0 Å². The van der Waals surface area contributed by atoms with Gasteiger partial charge in [-0.3, -0.25) is 9.48 Å². The van der Waals surface area contributed by atoms with Crippen LogP contribution in [-0.4, -0.2) is 36.6 Å². The number of carbonyl (C=O) groups is 1. The Morgan fingerprint density at radius 3 is 2.84 bits per heavy atom. The Labute approximate surface area is 180 Å². The molecule has 0 unspecified atom stereocenters. The molecular weight excluding hydrogens is 386 g/mol. The molecule has 2 aromatic carbocycles. The summed E-state index contributed by atoms with van der Waals surface area (Å²) in [7, 11) is 2.01. The Hall–Kier alpha value is -3.54. The third-order valence-corrected chi connectivity index (χ3v) is 6.71. The number of hydrogen-bond donors (Lipinski definition) is 0. The van der Waals surface area contributed by atoms with Crippen LogP contribution >= 0.6 is 0 Å². The van der Waals surface area contributed by atoms with Gasteiger partial charge in [-0.1, -0.05) is 30.3 Å². The summed E-state index contributed by atoms with van der Waals surface area (Å²) in [6.45, 7) is 0. The highest BCUT2D eigenvalue weighted by Crippen LogP contribution is 2.45. The van der Waals surface area contributed by atoms with Crippen LogP contribution in [0.15, 0.2) is 61.1 Å². The van der Waals surface area contributed by atoms with Gasteiger partial charge in [-0.2, -0.15) is 5.10 Å². The average Bonchev–Trinajstić information content (AvgIpc) is 3.14. The maximum atomic E-state index is 13.7. The Morgan fingerprint density at radius 1 is 1.10 bits per heavy atom. The molecule has 0 radical (unpaired) electrons. The van der Waals surface area contributed by atoms with Gasteiger partial charge in [-0.05, 0) is 43.9 Å². The summed E-state index contributed by atoms with van der Waals surface area (Å²) >= 11 is 0. The molecular formula is C25H23N5O. The van der Waals surface area contributed by atoms with Gasteiger partial charge in [0.05, 0.1) is 22.9 Å². The Balaban J connectivity index is 1.42. The Morgan fingerprint density at radius 2 is 1.97 bits per heavy atom. The summed E-state index contributed by atoms with van der Waals surface area (Å²) in [5.74, 6) is 0.0815. The number of carbonyl (C=O) groups excluding carboxylic acids is 1. The molecule has 0 spiro atoms. The molecule has 2 aliphatic heterocycles. The number of benzene rings is 2. The van der Waals surface area contributed by atoms with Gasteiger partial charge in [0.15, 0.2) is 0 Å². The second-order valence-electron chi connectivity index (χ2n) is 8.52. The van der Waals surface area contributed by atoms with E-state index < -0.39 is 0 Å². The molecule has 4 aromatic rings. The van der Waals surface area contributed by atoms with E-state index in [9.17, 15) is 4.79 Å². The van der Waals surface area contributed by atoms with Crippen molar-refractivity contribution in [3.05, 3.63) is 77.9 Å². The molecule has 0 saturated carbocycles. The average molecular weight is 409 g/mol. The zero-order valence-electron chi connectivity index (χ0n) is 17.4. The maximum absolute atomic E-state index is 13.7. The number of aromatic nitrogens is 4. The van der Waals surface area contributed by atoms with Crippen molar-refractivity contribution in [2.24, 2.45) is 7.05 Å². The van der Waals surface area contributed by atoms with Crippen LogP contribution in [0.1, 0.15) is 46.9 Å². The van der Waals surface area contributed by atoms with E-state index in [4.69, 9.17) is 5.10 Å². The lowest BCUT2D eigenvalue weighted by molar-refractivity contribution is 0.0392. The Bertz CT molecular complexity index is 1300. The normalized spacial score (nSPS) is 20.0. The molecule has 31 heavy (non-hydrogen) atoms. The molecule has 6 heteroatoms. The lowest BCUT2D eigenvalue weighted by atomic mass is 9.81. The number of nitrogens with zero attached hydrogens (tertiary/aromatic N) is 5. The molecule has 1 saturated heterocycles. The molecule has 2 aliphatic rings. The fraction of sp³-hybridized carbons (Fsp3) is 0.280. The van der Waals surface area contributed by atoms with Gasteiger partial charge in [0.2, 0.25) is 0 Å². The number of rotatable bonds is 2. The van der Waals surface area contributed by atoms with Gasteiger partial charge < -0.3 is 4.90 Å². The van der Waals surface area contributed by atoms with Crippen molar-refractivity contribution in [1.82, 2.24) is 24.6 Å². The first kappa shape index (κ1) is 18.2. The summed E-state index contributed by atoms with van der Waals surface area (Å²) in [6.07, 6.45) is 7.26. The zero-order valence-corrected chi connectivity index (χ0v) is 17.4. The fourth-order valence-electron chi connectivity index (χ4n) is 5.37. The summed E-state index contributed by atoms with van der Waals surface area (Å²) in [5, 5.41) is 5.82. The molecule has 2 atom stereocenters. The van der Waals surface area contributed by atoms with Crippen molar-refractivity contribution in [3.63, 3.8) is 0 Å². The van der Waals surface area contributed by atoms with Gasteiger partial charge in [0.25, 0.3) is 5.91 Å². The molecule has 4 heterocycles. The van der Waals surface area contributed by atoms with Crippen LogP contribution in [0.5, 0.6) is 0 Å². The highest BCUT2D eigenvalue weighted by molar-refractivity contribution is 5.98. The molecule has 2 aromatic heterocycles. The van der Waals surface area contributed by atoms with Crippen molar-refractivity contribution < 1.29 is 4.79 Å². The van der Waals surface area contributed by atoms with E-state index in [1.807, 2.05) is 36.0 Å². The largest absolute Gasteiger partial charge is 0.327 e. The molecule has 154 valence electrons. The monoisotopic (exact) mass is 409 g/mol. The maximum Gasteiger partial charge on any atom is 0.254 e. The first-order valence-corrected chi connectivity index (χ1v) is 10.8. The molecule has 1 fully saturated rings. The lowest BCUT2D eigenvalue weighted by Crippen LogP contribution is -2.49. The lowest BCUT2D eigenvalue weighted by Gasteiger charge is -2.45. The summed E-state index contributed by atoms with van der Waals surface area (Å²) in [6, 6.07) is 16.4. The standard InChI is InChI=1S/C25H23N5O/c1-29-24(16-6-3-2-4-7-16)20-13-19-8-5-9-22(23(20)28-29)30(19)25(31)17-10-11-21-18(12-17)14-26-15-27-21/h2-4,6-7,10-12,14-15,19,22H,5,8-9,13H2,1H3/t19-,22+/m1/s1. The van der Waals surface area contributed by atoms with Gasteiger partial charge >= 0.3 is 0 Å². The molecule has 0 N–H and O–H groups in total. The van der Waals surface area contributed by atoms with E-state index in [2.05, 4.69) is 39.1 Å². The summed E-state index contributed by atoms with van der Waals surface area (Å²) in [5.41, 5.74) is 6.29. The highest BCUT2D eigenvalue weighted by atomic mass is 16.2. The Kier molecular flexibility index (Phi) is 4.13. The van der Waals surface area contributed by atoms with Gasteiger partial charge in [-0.25, -0.2) is 9.97 Å². The van der Waals surface area contributed by atoms with Crippen LogP contribution in [0.25, 0.3) is 22.2 Å². The van der Waals surface area contributed by atoms with E-state index in [1.54, 1.807) is 6.20 Å². The minimum Gasteiger partial charge on any atom is -0.327 e. The van der Waals surface area contributed by atoms with Crippen LogP contribution in [0.3, 0.4) is 0 Å². The molecule has 0 aliphatic carbocycles. The molecule has 6 rings (SSSR count). The summed E-state index contributed by atoms with van der Waals surface area (Å²) < 4.78 is 2.00. The van der Waals surface area contributed by atoms with Crippen LogP contribution in [0, 0.1) is 0 Å². The zero-order chi connectivity index (χ0) is 20.9. The summed E-state index contributed by atoms with van der Waals surface area (Å²) in [4.78, 5) is 24.2. The van der Waals surface area contributed by atoms with E-state index in [0.717, 1.165) is 42.3 Å². The van der Waals surface area contributed by atoms with Crippen LogP contribution < -0.4 is 0 Å². The molecule has 6 nitrogen and oxygen atoms in total. The van der Waals surface area contributed by atoms with Crippen molar-refractivity contribution in [3.8, 4) is 11.3 Å². The van der Waals surface area contributed by atoms with Gasteiger partial charge in [0.1, 0.15) is 6.33 Å². The SMILES string of the molecule is Cn1nc2c(c1-c1ccccc1)C[C@H]1CCC[C@@H]2N1C(=O)c1ccc2ncncc2c1. The highest BCUT2D eigenvalue weighted by Gasteiger charge is 2.43. The van der Waals surface area contributed by atoms with Crippen molar-refractivity contribution in [2.75, 3.05) is 0 Å². The van der Waals surface area contributed by atoms with Crippen molar-refractivity contribution >= 4 is 16.8 Å². The smallest absolute Gasteiger partial charge is 0.254 e. The predicted octanol–water partition coefficient (Wildman–Crippen LogP) is 4.32. The minimum absolute atomic E-state index is 0.0291. The predicted molar refractivity (Wildman–Crippen MR) is 118 cm³/mol. The van der Waals surface area contributed by atoms with E-state index in [0.29, 0.717) is 5.56 Å². The number of aryl methyl sites for hydroxylation is 1. The van der Waals surface area contributed by atoms with Gasteiger partial charge in [0, 0.05) is 41.4 Å². The first-order valence-electron chi connectivity index (χ1n) is 10.8. The second kappa shape index (κ2) is 7.01. The van der Waals surface area contributed by atoms with Crippen LogP contribution in [-0.2, 0) is 13.5 Å². The number of piperidine rings is 1. The molecule has 2 bridgehead atoms. The van der Waals surface area contributed by atoms with E-state index in [1.165, 1.54) is 23.1 Å². The first-order chi connectivity index (χ1) is 15.2. The minimum atomic E-state index is 0.0291. The molecule has 1 amide bonds. The second-order valence-corrected chi connectivity index (χ2v) is 8.52. The van der Waals surface area contributed by atoms with Crippen LogP contribution in [0.2, 0.25) is 0 Å². The fourth-order valence-corrected chi connectivity index (χ4v) is 5.37. The van der Waals surface area contributed by atoms with E-state index >= 15 is 0 Å².